The van der Waals surface area contributed by atoms with Crippen LogP contribution in [0.15, 0.2) is 42.5 Å². The van der Waals surface area contributed by atoms with Gasteiger partial charge in [-0.05, 0) is 42.8 Å². The van der Waals surface area contributed by atoms with Crippen LogP contribution in [0.3, 0.4) is 0 Å². The first kappa shape index (κ1) is 17.7. The van der Waals surface area contributed by atoms with Crippen LogP contribution in [0.1, 0.15) is 12.5 Å². The summed E-state index contributed by atoms with van der Waals surface area (Å²) in [6, 6.07) is 9.82. The molecular weight excluding hydrogens is 337 g/mol. The minimum Gasteiger partial charge on any atom is -0.508 e. The molecule has 0 fully saturated rings. The second-order valence-corrected chi connectivity index (χ2v) is 5.50. The van der Waals surface area contributed by atoms with Gasteiger partial charge in [0.15, 0.2) is 6.10 Å². The number of amides is 1. The van der Waals surface area contributed by atoms with E-state index in [2.05, 4.69) is 5.32 Å². The number of esters is 1. The van der Waals surface area contributed by atoms with Crippen LogP contribution in [0.25, 0.3) is 0 Å². The molecular formula is C17H15ClFNO4. The zero-order chi connectivity index (χ0) is 17.7. The minimum absolute atomic E-state index is 0.0275. The van der Waals surface area contributed by atoms with Crippen molar-refractivity contribution in [3.8, 4) is 5.75 Å². The van der Waals surface area contributed by atoms with Crippen molar-refractivity contribution in [2.75, 3.05) is 5.32 Å². The van der Waals surface area contributed by atoms with E-state index < -0.39 is 23.8 Å². The van der Waals surface area contributed by atoms with Crippen molar-refractivity contribution < 1.29 is 23.8 Å². The normalized spacial score (nSPS) is 11.6. The Morgan fingerprint density at radius 3 is 2.54 bits per heavy atom. The van der Waals surface area contributed by atoms with Gasteiger partial charge in [0.1, 0.15) is 11.6 Å². The number of carbonyl (C=O) groups is 2. The van der Waals surface area contributed by atoms with E-state index in [0.29, 0.717) is 11.3 Å². The summed E-state index contributed by atoms with van der Waals surface area (Å²) in [6.07, 6.45) is -1.06. The van der Waals surface area contributed by atoms with E-state index in [1.165, 1.54) is 31.2 Å². The summed E-state index contributed by atoms with van der Waals surface area (Å²) in [6.45, 7) is 1.43. The van der Waals surface area contributed by atoms with Gasteiger partial charge in [-0.1, -0.05) is 23.7 Å². The quantitative estimate of drug-likeness (QED) is 0.810. The molecule has 0 spiro atoms. The van der Waals surface area contributed by atoms with E-state index in [1.54, 1.807) is 12.1 Å². The molecule has 2 N–H and O–H groups in total. The molecule has 0 radical (unpaired) electrons. The third-order valence-electron chi connectivity index (χ3n) is 3.15. The Hall–Kier alpha value is -2.60. The van der Waals surface area contributed by atoms with Gasteiger partial charge >= 0.3 is 5.97 Å². The van der Waals surface area contributed by atoms with Crippen molar-refractivity contribution in [1.29, 1.82) is 0 Å². The second kappa shape index (κ2) is 7.79. The van der Waals surface area contributed by atoms with Crippen LogP contribution in [-0.2, 0) is 20.7 Å². The van der Waals surface area contributed by atoms with Crippen LogP contribution in [0.2, 0.25) is 5.02 Å². The summed E-state index contributed by atoms with van der Waals surface area (Å²) in [5, 5.41) is 11.5. The van der Waals surface area contributed by atoms with Gasteiger partial charge < -0.3 is 15.2 Å². The minimum atomic E-state index is -1.03. The molecule has 7 heteroatoms. The SMILES string of the molecule is C[C@@H](OC(=O)Cc1ccc(O)cc1)C(=O)Nc1ccc(F)c(Cl)c1. The number of rotatable bonds is 5. The van der Waals surface area contributed by atoms with Gasteiger partial charge in [0, 0.05) is 5.69 Å². The van der Waals surface area contributed by atoms with Crippen molar-refractivity contribution in [3.63, 3.8) is 0 Å². The van der Waals surface area contributed by atoms with Gasteiger partial charge in [-0.25, -0.2) is 4.39 Å². The molecule has 0 saturated heterocycles. The molecule has 0 aliphatic heterocycles. The largest absolute Gasteiger partial charge is 0.508 e. The predicted octanol–water partition coefficient (Wildman–Crippen LogP) is 3.30. The van der Waals surface area contributed by atoms with Crippen LogP contribution in [0.5, 0.6) is 5.75 Å². The fourth-order valence-electron chi connectivity index (χ4n) is 1.89. The highest BCUT2D eigenvalue weighted by molar-refractivity contribution is 6.31. The lowest BCUT2D eigenvalue weighted by Crippen LogP contribution is -2.30. The van der Waals surface area contributed by atoms with E-state index in [1.807, 2.05) is 0 Å². The molecule has 2 rings (SSSR count). The highest BCUT2D eigenvalue weighted by atomic mass is 35.5. The van der Waals surface area contributed by atoms with Gasteiger partial charge in [-0.2, -0.15) is 0 Å². The van der Waals surface area contributed by atoms with Gasteiger partial charge in [0.05, 0.1) is 11.4 Å². The number of ether oxygens (including phenoxy) is 1. The molecule has 24 heavy (non-hydrogen) atoms. The van der Waals surface area contributed by atoms with Gasteiger partial charge in [0.2, 0.25) is 0 Å². The van der Waals surface area contributed by atoms with Crippen molar-refractivity contribution in [3.05, 3.63) is 58.9 Å². The van der Waals surface area contributed by atoms with Crippen molar-refractivity contribution in [2.45, 2.75) is 19.4 Å². The van der Waals surface area contributed by atoms with Crippen molar-refractivity contribution in [2.24, 2.45) is 0 Å². The second-order valence-electron chi connectivity index (χ2n) is 5.09. The Kier molecular flexibility index (Phi) is 5.76. The van der Waals surface area contributed by atoms with Gasteiger partial charge in [0.25, 0.3) is 5.91 Å². The summed E-state index contributed by atoms with van der Waals surface area (Å²) in [7, 11) is 0. The van der Waals surface area contributed by atoms with Crippen LogP contribution in [0.4, 0.5) is 10.1 Å². The van der Waals surface area contributed by atoms with E-state index in [-0.39, 0.29) is 17.2 Å². The monoisotopic (exact) mass is 351 g/mol. The number of nitrogens with one attached hydrogen (secondary N) is 1. The number of hydrogen-bond acceptors (Lipinski definition) is 4. The predicted molar refractivity (Wildman–Crippen MR) is 87.4 cm³/mol. The molecule has 0 aliphatic carbocycles. The van der Waals surface area contributed by atoms with Crippen molar-refractivity contribution >= 4 is 29.2 Å². The number of benzene rings is 2. The zero-order valence-electron chi connectivity index (χ0n) is 12.8. The van der Waals surface area contributed by atoms with Gasteiger partial charge in [-0.15, -0.1) is 0 Å². The highest BCUT2D eigenvalue weighted by Crippen LogP contribution is 2.19. The number of phenols is 1. The maximum Gasteiger partial charge on any atom is 0.311 e. The van der Waals surface area contributed by atoms with Crippen LogP contribution >= 0.6 is 11.6 Å². The summed E-state index contributed by atoms with van der Waals surface area (Å²) < 4.78 is 18.1. The number of hydrogen-bond donors (Lipinski definition) is 2. The molecule has 2 aromatic carbocycles. The van der Waals surface area contributed by atoms with Crippen LogP contribution in [0, 0.1) is 5.82 Å². The lowest BCUT2D eigenvalue weighted by atomic mass is 10.1. The molecule has 0 unspecified atom stereocenters. The smallest absolute Gasteiger partial charge is 0.311 e. The maximum atomic E-state index is 13.1. The first-order valence-electron chi connectivity index (χ1n) is 7.08. The Bertz CT molecular complexity index is 749. The van der Waals surface area contributed by atoms with E-state index >= 15 is 0 Å². The molecule has 0 heterocycles. The number of halogens is 2. The average molecular weight is 352 g/mol. The molecule has 2 aromatic rings. The lowest BCUT2D eigenvalue weighted by molar-refractivity contribution is -0.152. The summed E-state index contributed by atoms with van der Waals surface area (Å²) in [4.78, 5) is 23.8. The van der Waals surface area contributed by atoms with E-state index in [4.69, 9.17) is 16.3 Å². The molecule has 5 nitrogen and oxygen atoms in total. The molecule has 0 aliphatic rings. The fraction of sp³-hybridized carbons (Fsp3) is 0.176. The number of phenolic OH excluding ortho intramolecular Hbond substituents is 1. The van der Waals surface area contributed by atoms with Crippen LogP contribution < -0.4 is 5.32 Å². The average Bonchev–Trinajstić information content (AvgIpc) is 2.53. The number of aromatic hydroxyl groups is 1. The first-order valence-corrected chi connectivity index (χ1v) is 7.46. The van der Waals surface area contributed by atoms with Crippen molar-refractivity contribution in [1.82, 2.24) is 0 Å². The summed E-state index contributed by atoms with van der Waals surface area (Å²) in [5.41, 5.74) is 0.948. The molecule has 1 atom stereocenters. The maximum absolute atomic E-state index is 13.1. The Balaban J connectivity index is 1.89. The Labute approximate surface area is 143 Å². The highest BCUT2D eigenvalue weighted by Gasteiger charge is 2.18. The molecule has 0 saturated carbocycles. The zero-order valence-corrected chi connectivity index (χ0v) is 13.5. The van der Waals surface area contributed by atoms with Gasteiger partial charge in [-0.3, -0.25) is 9.59 Å². The third-order valence-corrected chi connectivity index (χ3v) is 3.44. The fourth-order valence-corrected chi connectivity index (χ4v) is 2.07. The molecule has 1 amide bonds. The molecule has 126 valence electrons. The lowest BCUT2D eigenvalue weighted by Gasteiger charge is -2.14. The Morgan fingerprint density at radius 2 is 1.92 bits per heavy atom. The van der Waals surface area contributed by atoms with E-state index in [9.17, 15) is 19.1 Å². The van der Waals surface area contributed by atoms with Crippen LogP contribution in [-0.4, -0.2) is 23.1 Å². The third kappa shape index (κ3) is 4.96. The number of anilines is 1. The van der Waals surface area contributed by atoms with E-state index in [0.717, 1.165) is 6.07 Å². The first-order chi connectivity index (χ1) is 11.3. The summed E-state index contributed by atoms with van der Waals surface area (Å²) in [5.74, 6) is -1.64. The molecule has 0 aromatic heterocycles. The molecule has 0 bridgehead atoms. The Morgan fingerprint density at radius 1 is 1.25 bits per heavy atom. The summed E-state index contributed by atoms with van der Waals surface area (Å²) >= 11 is 5.63. The standard InChI is InChI=1S/C17H15ClFNO4/c1-10(17(23)20-12-4-7-15(19)14(18)9-12)24-16(22)8-11-2-5-13(21)6-3-11/h2-7,9-10,21H,8H2,1H3,(H,20,23)/t10-/m1/s1. The number of carbonyl (C=O) groups excluding carboxylic acids is 2. The topological polar surface area (TPSA) is 75.6 Å².